The number of nitrogens with one attached hydrogen (secondary N) is 2. The predicted octanol–water partition coefficient (Wildman–Crippen LogP) is 2.45. The summed E-state index contributed by atoms with van der Waals surface area (Å²) in [5.74, 6) is 0.349. The summed E-state index contributed by atoms with van der Waals surface area (Å²) in [7, 11) is 4.05. The molecule has 1 saturated carbocycles. The van der Waals surface area contributed by atoms with Gasteiger partial charge in [-0.15, -0.1) is 0 Å². The minimum absolute atomic E-state index is 0.00458. The maximum atomic E-state index is 12.0. The summed E-state index contributed by atoms with van der Waals surface area (Å²) in [5.41, 5.74) is 2.31. The van der Waals surface area contributed by atoms with E-state index in [1.54, 1.807) is 0 Å². The summed E-state index contributed by atoms with van der Waals surface area (Å²) >= 11 is 0. The Morgan fingerprint density at radius 2 is 1.68 bits per heavy atom. The van der Waals surface area contributed by atoms with Crippen LogP contribution in [0.15, 0.2) is 24.3 Å². The normalized spacial score (nSPS) is 15.2. The summed E-state index contributed by atoms with van der Waals surface area (Å²) in [5, 5.41) is 5.65. The molecule has 0 aromatic heterocycles. The zero-order chi connectivity index (χ0) is 18.1. The van der Waals surface area contributed by atoms with Gasteiger partial charge in [0.05, 0.1) is 6.54 Å². The number of hydrogen-bond acceptors (Lipinski definition) is 3. The maximum absolute atomic E-state index is 12.0. The molecule has 0 heterocycles. The maximum Gasteiger partial charge on any atom is 0.239 e. The molecule has 1 aromatic rings. The van der Waals surface area contributed by atoms with Crippen molar-refractivity contribution in [3.05, 3.63) is 35.4 Å². The Bertz CT molecular complexity index is 566. The van der Waals surface area contributed by atoms with Crippen LogP contribution in [0.25, 0.3) is 0 Å². The summed E-state index contributed by atoms with van der Waals surface area (Å²) in [6.45, 7) is 1.38. The molecule has 5 nitrogen and oxygen atoms in total. The number of rotatable bonds is 8. The lowest BCUT2D eigenvalue weighted by molar-refractivity contribution is -0.126. The molecule has 0 unspecified atom stereocenters. The first kappa shape index (κ1) is 19.4. The van der Waals surface area contributed by atoms with Crippen LogP contribution in [0.4, 0.5) is 0 Å². The highest BCUT2D eigenvalue weighted by atomic mass is 16.2. The Hall–Kier alpha value is -1.88. The van der Waals surface area contributed by atoms with Crippen LogP contribution in [0.5, 0.6) is 0 Å². The third-order valence-electron chi connectivity index (χ3n) is 4.73. The zero-order valence-corrected chi connectivity index (χ0v) is 15.5. The fourth-order valence-corrected chi connectivity index (χ4v) is 3.39. The zero-order valence-electron chi connectivity index (χ0n) is 15.5. The van der Waals surface area contributed by atoms with E-state index >= 15 is 0 Å². The fraction of sp³-hybridized carbons (Fsp3) is 0.600. The highest BCUT2D eigenvalue weighted by Crippen LogP contribution is 2.25. The molecule has 0 radical (unpaired) electrons. The Labute approximate surface area is 151 Å². The Kier molecular flexibility index (Phi) is 7.92. The van der Waals surface area contributed by atoms with Gasteiger partial charge in [-0.25, -0.2) is 0 Å². The van der Waals surface area contributed by atoms with Crippen molar-refractivity contribution in [1.29, 1.82) is 0 Å². The van der Waals surface area contributed by atoms with Crippen molar-refractivity contribution in [2.45, 2.75) is 51.6 Å². The lowest BCUT2D eigenvalue weighted by atomic mass is 9.87. The van der Waals surface area contributed by atoms with Crippen molar-refractivity contribution < 1.29 is 9.59 Å². The molecule has 138 valence electrons. The van der Waals surface area contributed by atoms with Gasteiger partial charge in [0.2, 0.25) is 11.8 Å². The monoisotopic (exact) mass is 345 g/mol. The SMILES string of the molecule is CN(C)Cc1ccccc1CNC(=O)CNC(=O)CC1CCCCC1. The predicted molar refractivity (Wildman–Crippen MR) is 99.9 cm³/mol. The second-order valence-electron chi connectivity index (χ2n) is 7.27. The molecule has 0 spiro atoms. The molecule has 1 aromatic carbocycles. The van der Waals surface area contributed by atoms with Gasteiger partial charge in [-0.3, -0.25) is 9.59 Å². The lowest BCUT2D eigenvalue weighted by Gasteiger charge is -2.20. The topological polar surface area (TPSA) is 61.4 Å². The number of benzene rings is 1. The standard InChI is InChI=1S/C20H31N3O2/c1-23(2)15-18-11-7-6-10-17(18)13-21-20(25)14-22-19(24)12-16-8-4-3-5-9-16/h6-7,10-11,16H,3-5,8-9,12-15H2,1-2H3,(H,21,25)(H,22,24). The van der Waals surface area contributed by atoms with Gasteiger partial charge in [-0.1, -0.05) is 43.5 Å². The van der Waals surface area contributed by atoms with Crippen molar-refractivity contribution >= 4 is 11.8 Å². The van der Waals surface area contributed by atoms with E-state index in [0.717, 1.165) is 24.9 Å². The third kappa shape index (κ3) is 7.26. The van der Waals surface area contributed by atoms with Crippen molar-refractivity contribution in [3.8, 4) is 0 Å². The second-order valence-corrected chi connectivity index (χ2v) is 7.27. The average Bonchev–Trinajstić information content (AvgIpc) is 2.59. The summed E-state index contributed by atoms with van der Waals surface area (Å²) < 4.78 is 0. The van der Waals surface area contributed by atoms with Crippen LogP contribution in [0, 0.1) is 5.92 Å². The number of carbonyl (C=O) groups excluding carboxylic acids is 2. The molecule has 1 aliphatic rings. The molecule has 0 aliphatic heterocycles. The third-order valence-corrected chi connectivity index (χ3v) is 4.73. The van der Waals surface area contributed by atoms with Crippen molar-refractivity contribution in [2.75, 3.05) is 20.6 Å². The minimum Gasteiger partial charge on any atom is -0.350 e. The van der Waals surface area contributed by atoms with E-state index in [4.69, 9.17) is 0 Å². The van der Waals surface area contributed by atoms with Gasteiger partial charge in [-0.2, -0.15) is 0 Å². The molecule has 2 N–H and O–H groups in total. The number of hydrogen-bond donors (Lipinski definition) is 2. The molecule has 0 atom stereocenters. The van der Waals surface area contributed by atoms with Crippen LogP contribution in [-0.2, 0) is 22.7 Å². The van der Waals surface area contributed by atoms with Crippen LogP contribution in [-0.4, -0.2) is 37.4 Å². The van der Waals surface area contributed by atoms with Gasteiger partial charge in [0.25, 0.3) is 0 Å². The number of carbonyl (C=O) groups is 2. The van der Waals surface area contributed by atoms with Crippen molar-refractivity contribution in [1.82, 2.24) is 15.5 Å². The Morgan fingerprint density at radius 1 is 1.00 bits per heavy atom. The highest BCUT2D eigenvalue weighted by molar-refractivity contribution is 5.84. The average molecular weight is 345 g/mol. The molecule has 2 rings (SSSR count). The van der Waals surface area contributed by atoms with E-state index in [1.807, 2.05) is 32.3 Å². The van der Waals surface area contributed by atoms with Crippen LogP contribution in [0.3, 0.4) is 0 Å². The van der Waals surface area contributed by atoms with Gasteiger partial charge in [0.15, 0.2) is 0 Å². The van der Waals surface area contributed by atoms with Crippen molar-refractivity contribution in [3.63, 3.8) is 0 Å². The highest BCUT2D eigenvalue weighted by Gasteiger charge is 2.17. The van der Waals surface area contributed by atoms with Crippen LogP contribution >= 0.6 is 0 Å². The summed E-state index contributed by atoms with van der Waals surface area (Å²) in [6.07, 6.45) is 6.58. The molecule has 2 amide bonds. The molecule has 1 fully saturated rings. The van der Waals surface area contributed by atoms with E-state index in [0.29, 0.717) is 18.9 Å². The van der Waals surface area contributed by atoms with Crippen LogP contribution in [0.1, 0.15) is 49.7 Å². The molecular weight excluding hydrogens is 314 g/mol. The molecule has 1 aliphatic carbocycles. The van der Waals surface area contributed by atoms with Gasteiger partial charge >= 0.3 is 0 Å². The number of nitrogens with zero attached hydrogens (tertiary/aromatic N) is 1. The van der Waals surface area contributed by atoms with E-state index in [2.05, 4.69) is 21.6 Å². The van der Waals surface area contributed by atoms with Gasteiger partial charge in [0.1, 0.15) is 0 Å². The Morgan fingerprint density at radius 3 is 2.36 bits per heavy atom. The van der Waals surface area contributed by atoms with E-state index in [-0.39, 0.29) is 18.4 Å². The quantitative estimate of drug-likeness (QED) is 0.761. The fourth-order valence-electron chi connectivity index (χ4n) is 3.39. The van der Waals surface area contributed by atoms with Gasteiger partial charge < -0.3 is 15.5 Å². The van der Waals surface area contributed by atoms with Crippen LogP contribution in [0.2, 0.25) is 0 Å². The molecular formula is C20H31N3O2. The van der Waals surface area contributed by atoms with E-state index < -0.39 is 0 Å². The first-order chi connectivity index (χ1) is 12.0. The van der Waals surface area contributed by atoms with E-state index in [1.165, 1.54) is 24.8 Å². The summed E-state index contributed by atoms with van der Waals surface area (Å²) in [4.78, 5) is 26.1. The molecule has 5 heteroatoms. The van der Waals surface area contributed by atoms with E-state index in [9.17, 15) is 9.59 Å². The van der Waals surface area contributed by atoms with Gasteiger partial charge in [-0.05, 0) is 44.0 Å². The first-order valence-corrected chi connectivity index (χ1v) is 9.29. The van der Waals surface area contributed by atoms with Crippen molar-refractivity contribution in [2.24, 2.45) is 5.92 Å². The first-order valence-electron chi connectivity index (χ1n) is 9.29. The van der Waals surface area contributed by atoms with Crippen LogP contribution < -0.4 is 10.6 Å². The molecule has 25 heavy (non-hydrogen) atoms. The van der Waals surface area contributed by atoms with Gasteiger partial charge in [0, 0.05) is 19.5 Å². The second kappa shape index (κ2) is 10.2. The lowest BCUT2D eigenvalue weighted by Crippen LogP contribution is -2.37. The summed E-state index contributed by atoms with van der Waals surface area (Å²) in [6, 6.07) is 8.09. The minimum atomic E-state index is -0.142. The molecule has 0 bridgehead atoms. The Balaban J connectivity index is 1.71. The molecule has 0 saturated heterocycles. The largest absolute Gasteiger partial charge is 0.350 e. The number of amides is 2. The smallest absolute Gasteiger partial charge is 0.239 e.